The SMILES string of the molecule is CCCCCCCCCCOC(=O)C1CCC1C(=O)OCCCCCCCCCC. The highest BCUT2D eigenvalue weighted by atomic mass is 16.5. The molecule has 4 nitrogen and oxygen atoms in total. The minimum absolute atomic E-state index is 0.196. The maximum atomic E-state index is 12.2. The standard InChI is InChI=1S/C26H48O4/c1-3-5-7-9-11-13-15-17-21-29-25(27)23-19-20-24(23)26(28)30-22-18-16-14-12-10-8-6-4-2/h23-24H,3-22H2,1-2H3. The minimum atomic E-state index is -0.273. The molecule has 0 aliphatic heterocycles. The zero-order chi connectivity index (χ0) is 21.9. The van der Waals surface area contributed by atoms with Crippen LogP contribution in [-0.2, 0) is 19.1 Å². The number of unbranched alkanes of at least 4 members (excludes halogenated alkanes) is 14. The zero-order valence-corrected chi connectivity index (χ0v) is 19.9. The number of hydrogen-bond donors (Lipinski definition) is 0. The Morgan fingerprint density at radius 2 is 0.833 bits per heavy atom. The van der Waals surface area contributed by atoms with Crippen LogP contribution in [0.4, 0.5) is 0 Å². The van der Waals surface area contributed by atoms with Crippen LogP contribution in [0.1, 0.15) is 129 Å². The second-order valence-electron chi connectivity index (χ2n) is 9.08. The van der Waals surface area contributed by atoms with Gasteiger partial charge in [0.25, 0.3) is 0 Å². The van der Waals surface area contributed by atoms with Crippen LogP contribution in [0.5, 0.6) is 0 Å². The van der Waals surface area contributed by atoms with Crippen molar-refractivity contribution >= 4 is 11.9 Å². The molecule has 0 spiro atoms. The van der Waals surface area contributed by atoms with Crippen molar-refractivity contribution in [1.29, 1.82) is 0 Å². The van der Waals surface area contributed by atoms with Crippen LogP contribution in [0, 0.1) is 11.8 Å². The molecule has 0 bridgehead atoms. The predicted molar refractivity (Wildman–Crippen MR) is 123 cm³/mol. The van der Waals surface area contributed by atoms with E-state index in [-0.39, 0.29) is 23.8 Å². The first-order valence-corrected chi connectivity index (χ1v) is 13.0. The molecule has 2 unspecified atom stereocenters. The molecule has 0 saturated heterocycles. The van der Waals surface area contributed by atoms with Gasteiger partial charge in [-0.15, -0.1) is 0 Å². The first-order chi connectivity index (χ1) is 14.7. The van der Waals surface area contributed by atoms with Gasteiger partial charge in [0.1, 0.15) is 0 Å². The summed E-state index contributed by atoms with van der Waals surface area (Å²) in [7, 11) is 0. The number of carbonyl (C=O) groups excluding carboxylic acids is 2. The van der Waals surface area contributed by atoms with Gasteiger partial charge in [-0.05, 0) is 25.7 Å². The summed E-state index contributed by atoms with van der Waals surface area (Å²) in [5.74, 6) is -0.938. The summed E-state index contributed by atoms with van der Waals surface area (Å²) < 4.78 is 10.8. The number of rotatable bonds is 20. The Morgan fingerprint density at radius 1 is 0.533 bits per heavy atom. The summed E-state index contributed by atoms with van der Waals surface area (Å²) in [4.78, 5) is 24.5. The Balaban J connectivity index is 1.99. The molecule has 1 rings (SSSR count). The molecular formula is C26H48O4. The van der Waals surface area contributed by atoms with E-state index in [0.29, 0.717) is 13.2 Å². The van der Waals surface area contributed by atoms with Crippen LogP contribution in [-0.4, -0.2) is 25.2 Å². The van der Waals surface area contributed by atoms with Gasteiger partial charge in [-0.3, -0.25) is 9.59 Å². The molecule has 1 fully saturated rings. The molecule has 0 aromatic heterocycles. The third-order valence-electron chi connectivity index (χ3n) is 6.36. The van der Waals surface area contributed by atoms with Gasteiger partial charge in [-0.2, -0.15) is 0 Å². The van der Waals surface area contributed by atoms with Crippen molar-refractivity contribution in [3.8, 4) is 0 Å². The molecule has 1 aliphatic rings. The molecular weight excluding hydrogens is 376 g/mol. The molecule has 0 radical (unpaired) electrons. The van der Waals surface area contributed by atoms with Crippen LogP contribution < -0.4 is 0 Å². The normalized spacial score (nSPS) is 18.1. The van der Waals surface area contributed by atoms with Crippen LogP contribution in [0.25, 0.3) is 0 Å². The highest BCUT2D eigenvalue weighted by Gasteiger charge is 2.43. The van der Waals surface area contributed by atoms with E-state index in [1.165, 1.54) is 77.0 Å². The number of esters is 2. The van der Waals surface area contributed by atoms with Gasteiger partial charge < -0.3 is 9.47 Å². The van der Waals surface area contributed by atoms with Gasteiger partial charge in [0, 0.05) is 0 Å². The summed E-state index contributed by atoms with van der Waals surface area (Å²) in [5, 5.41) is 0. The Hall–Kier alpha value is -1.06. The van der Waals surface area contributed by atoms with E-state index in [0.717, 1.165) is 38.5 Å². The molecule has 2 atom stereocenters. The summed E-state index contributed by atoms with van der Waals surface area (Å²) in [6, 6.07) is 0. The lowest BCUT2D eigenvalue weighted by Gasteiger charge is -2.32. The lowest BCUT2D eigenvalue weighted by Crippen LogP contribution is -2.40. The lowest BCUT2D eigenvalue weighted by atomic mass is 9.73. The van der Waals surface area contributed by atoms with Crippen LogP contribution >= 0.6 is 0 Å². The third-order valence-corrected chi connectivity index (χ3v) is 6.36. The number of carbonyl (C=O) groups is 2. The molecule has 0 amide bonds. The molecule has 30 heavy (non-hydrogen) atoms. The van der Waals surface area contributed by atoms with Crippen molar-refractivity contribution in [2.45, 2.75) is 129 Å². The lowest BCUT2D eigenvalue weighted by molar-refractivity contribution is -0.167. The van der Waals surface area contributed by atoms with Crippen molar-refractivity contribution in [3.05, 3.63) is 0 Å². The van der Waals surface area contributed by atoms with Crippen molar-refractivity contribution in [2.75, 3.05) is 13.2 Å². The van der Waals surface area contributed by atoms with E-state index in [9.17, 15) is 9.59 Å². The fourth-order valence-electron chi connectivity index (χ4n) is 4.10. The fourth-order valence-corrected chi connectivity index (χ4v) is 4.10. The Morgan fingerprint density at radius 3 is 1.13 bits per heavy atom. The topological polar surface area (TPSA) is 52.6 Å². The number of hydrogen-bond acceptors (Lipinski definition) is 4. The molecule has 0 aromatic carbocycles. The maximum Gasteiger partial charge on any atom is 0.309 e. The van der Waals surface area contributed by atoms with E-state index >= 15 is 0 Å². The minimum Gasteiger partial charge on any atom is -0.465 e. The highest BCUT2D eigenvalue weighted by molar-refractivity contribution is 5.83. The summed E-state index contributed by atoms with van der Waals surface area (Å²) in [6.07, 6.45) is 21.2. The van der Waals surface area contributed by atoms with Crippen LogP contribution in [0.2, 0.25) is 0 Å². The van der Waals surface area contributed by atoms with E-state index in [4.69, 9.17) is 9.47 Å². The first kappa shape index (κ1) is 27.0. The first-order valence-electron chi connectivity index (χ1n) is 13.0. The molecule has 0 N–H and O–H groups in total. The largest absolute Gasteiger partial charge is 0.465 e. The fraction of sp³-hybridized carbons (Fsp3) is 0.923. The van der Waals surface area contributed by atoms with Crippen molar-refractivity contribution in [2.24, 2.45) is 11.8 Å². The van der Waals surface area contributed by atoms with E-state index in [1.807, 2.05) is 0 Å². The van der Waals surface area contributed by atoms with Gasteiger partial charge in [-0.1, -0.05) is 104 Å². The van der Waals surface area contributed by atoms with Gasteiger partial charge in [-0.25, -0.2) is 0 Å². The van der Waals surface area contributed by atoms with Gasteiger partial charge in [0.2, 0.25) is 0 Å². The summed E-state index contributed by atoms with van der Waals surface area (Å²) in [6.45, 7) is 5.45. The van der Waals surface area contributed by atoms with Crippen molar-refractivity contribution < 1.29 is 19.1 Å². The quantitative estimate of drug-likeness (QED) is 0.151. The smallest absolute Gasteiger partial charge is 0.309 e. The highest BCUT2D eigenvalue weighted by Crippen LogP contribution is 2.36. The third kappa shape index (κ3) is 12.6. The Labute approximate surface area is 185 Å². The maximum absolute atomic E-state index is 12.2. The van der Waals surface area contributed by atoms with E-state index < -0.39 is 0 Å². The van der Waals surface area contributed by atoms with E-state index in [1.54, 1.807) is 0 Å². The Bertz CT molecular complexity index is 395. The van der Waals surface area contributed by atoms with Gasteiger partial charge in [0.15, 0.2) is 0 Å². The zero-order valence-electron chi connectivity index (χ0n) is 19.9. The second-order valence-corrected chi connectivity index (χ2v) is 9.08. The number of ether oxygens (including phenoxy) is 2. The molecule has 176 valence electrons. The molecule has 0 heterocycles. The predicted octanol–water partition coefficient (Wildman–Crippen LogP) is 7.38. The van der Waals surface area contributed by atoms with Gasteiger partial charge >= 0.3 is 11.9 Å². The summed E-state index contributed by atoms with van der Waals surface area (Å²) in [5.41, 5.74) is 0. The molecule has 1 aliphatic carbocycles. The van der Waals surface area contributed by atoms with Gasteiger partial charge in [0.05, 0.1) is 25.0 Å². The molecule has 1 saturated carbocycles. The van der Waals surface area contributed by atoms with Crippen molar-refractivity contribution in [1.82, 2.24) is 0 Å². The van der Waals surface area contributed by atoms with Crippen LogP contribution in [0.3, 0.4) is 0 Å². The summed E-state index contributed by atoms with van der Waals surface area (Å²) >= 11 is 0. The van der Waals surface area contributed by atoms with E-state index in [2.05, 4.69) is 13.8 Å². The van der Waals surface area contributed by atoms with Crippen LogP contribution in [0.15, 0.2) is 0 Å². The Kier molecular flexibility index (Phi) is 16.8. The second kappa shape index (κ2) is 18.7. The van der Waals surface area contributed by atoms with Crippen molar-refractivity contribution in [3.63, 3.8) is 0 Å². The molecule has 0 aromatic rings. The molecule has 4 heteroatoms. The average Bonchev–Trinajstić information content (AvgIpc) is 2.70. The average molecular weight is 425 g/mol. The monoisotopic (exact) mass is 424 g/mol.